The zero-order chi connectivity index (χ0) is 11.8. The maximum Gasteiger partial charge on any atom is 0.135 e. The minimum atomic E-state index is -0.412. The van der Waals surface area contributed by atoms with Crippen LogP contribution in [0.25, 0.3) is 0 Å². The zero-order valence-corrected chi connectivity index (χ0v) is 10.1. The molecule has 2 heterocycles. The second-order valence-electron chi connectivity index (χ2n) is 4.89. The van der Waals surface area contributed by atoms with Crippen molar-refractivity contribution >= 4 is 5.82 Å². The van der Waals surface area contributed by atoms with Crippen molar-refractivity contribution in [3.63, 3.8) is 0 Å². The first-order valence-electron chi connectivity index (χ1n) is 6.26. The first kappa shape index (κ1) is 10.9. The summed E-state index contributed by atoms with van der Waals surface area (Å²) in [6.45, 7) is 6.09. The molecule has 1 unspecified atom stereocenters. The van der Waals surface area contributed by atoms with Crippen LogP contribution in [0.15, 0.2) is 6.33 Å². The number of piperazine rings is 1. The molecule has 0 spiro atoms. The van der Waals surface area contributed by atoms with E-state index in [9.17, 15) is 5.11 Å². The quantitative estimate of drug-likeness (QED) is 0.737. The number of aliphatic hydroxyl groups excluding tert-OH is 1. The highest BCUT2D eigenvalue weighted by atomic mass is 16.3. The predicted octanol–water partition coefficient (Wildman–Crippen LogP) is 0.427. The Morgan fingerprint density at radius 3 is 2.88 bits per heavy atom. The van der Waals surface area contributed by atoms with Gasteiger partial charge < -0.3 is 15.3 Å². The highest BCUT2D eigenvalue weighted by Gasteiger charge is 2.32. The minimum absolute atomic E-state index is 0.353. The lowest BCUT2D eigenvalue weighted by molar-refractivity contribution is 0.170. The van der Waals surface area contributed by atoms with Crippen molar-refractivity contribution in [3.05, 3.63) is 17.6 Å². The van der Waals surface area contributed by atoms with Gasteiger partial charge in [-0.25, -0.2) is 9.97 Å². The van der Waals surface area contributed by atoms with Crippen molar-refractivity contribution in [3.8, 4) is 0 Å². The molecule has 2 aliphatic rings. The molecular formula is C12H18N4O. The highest BCUT2D eigenvalue weighted by molar-refractivity contribution is 5.53. The van der Waals surface area contributed by atoms with Crippen molar-refractivity contribution < 1.29 is 5.11 Å². The van der Waals surface area contributed by atoms with Gasteiger partial charge >= 0.3 is 0 Å². The van der Waals surface area contributed by atoms with E-state index in [2.05, 4.69) is 27.1 Å². The molecule has 2 atom stereocenters. The topological polar surface area (TPSA) is 61.3 Å². The molecule has 92 valence electrons. The summed E-state index contributed by atoms with van der Waals surface area (Å²) >= 11 is 0. The first-order chi connectivity index (χ1) is 8.27. The average Bonchev–Trinajstić information content (AvgIpc) is 2.66. The van der Waals surface area contributed by atoms with Gasteiger partial charge in [-0.15, -0.1) is 0 Å². The SMILES string of the molecule is C[C@@H]1CC(O)c2ncnc(N3CCNCC3)c21. The van der Waals surface area contributed by atoms with E-state index < -0.39 is 6.10 Å². The van der Waals surface area contributed by atoms with Gasteiger partial charge in [0, 0.05) is 31.7 Å². The minimum Gasteiger partial charge on any atom is -0.387 e. The van der Waals surface area contributed by atoms with Gasteiger partial charge in [-0.2, -0.15) is 0 Å². The Balaban J connectivity index is 2.00. The Hall–Kier alpha value is -1.20. The van der Waals surface area contributed by atoms with E-state index >= 15 is 0 Å². The van der Waals surface area contributed by atoms with Crippen LogP contribution in [0.1, 0.15) is 36.6 Å². The van der Waals surface area contributed by atoms with Gasteiger partial charge in [0.1, 0.15) is 12.1 Å². The zero-order valence-electron chi connectivity index (χ0n) is 10.1. The number of nitrogens with zero attached hydrogens (tertiary/aromatic N) is 3. The van der Waals surface area contributed by atoms with E-state index in [1.807, 2.05) is 0 Å². The first-order valence-corrected chi connectivity index (χ1v) is 6.26. The van der Waals surface area contributed by atoms with Gasteiger partial charge in [-0.05, 0) is 12.3 Å². The number of nitrogens with one attached hydrogen (secondary N) is 1. The van der Waals surface area contributed by atoms with E-state index in [0.29, 0.717) is 5.92 Å². The largest absolute Gasteiger partial charge is 0.387 e. The Morgan fingerprint density at radius 1 is 1.35 bits per heavy atom. The van der Waals surface area contributed by atoms with Crippen molar-refractivity contribution in [2.24, 2.45) is 0 Å². The molecule has 0 saturated carbocycles. The molecule has 0 amide bonds. The summed E-state index contributed by atoms with van der Waals surface area (Å²) in [5, 5.41) is 13.3. The molecule has 0 bridgehead atoms. The van der Waals surface area contributed by atoms with Gasteiger partial charge in [0.05, 0.1) is 11.8 Å². The van der Waals surface area contributed by atoms with Crippen LogP contribution in [0.4, 0.5) is 5.82 Å². The molecule has 1 aliphatic carbocycles. The number of aliphatic hydroxyl groups is 1. The Labute approximate surface area is 101 Å². The Bertz CT molecular complexity index is 417. The molecule has 17 heavy (non-hydrogen) atoms. The third-order valence-electron chi connectivity index (χ3n) is 3.70. The monoisotopic (exact) mass is 234 g/mol. The summed E-state index contributed by atoms with van der Waals surface area (Å²) < 4.78 is 0. The molecule has 1 fully saturated rings. The lowest BCUT2D eigenvalue weighted by Crippen LogP contribution is -2.44. The number of hydrogen-bond acceptors (Lipinski definition) is 5. The van der Waals surface area contributed by atoms with Gasteiger partial charge in [0.15, 0.2) is 0 Å². The van der Waals surface area contributed by atoms with Crippen LogP contribution in [0, 0.1) is 0 Å². The van der Waals surface area contributed by atoms with E-state index in [0.717, 1.165) is 49.7 Å². The number of rotatable bonds is 1. The maximum absolute atomic E-state index is 9.95. The Morgan fingerprint density at radius 2 is 2.12 bits per heavy atom. The number of hydrogen-bond donors (Lipinski definition) is 2. The second-order valence-corrected chi connectivity index (χ2v) is 4.89. The van der Waals surface area contributed by atoms with E-state index in [4.69, 9.17) is 0 Å². The third-order valence-corrected chi connectivity index (χ3v) is 3.70. The molecule has 5 nitrogen and oxygen atoms in total. The van der Waals surface area contributed by atoms with Crippen LogP contribution >= 0.6 is 0 Å². The fraction of sp³-hybridized carbons (Fsp3) is 0.667. The van der Waals surface area contributed by atoms with Crippen molar-refractivity contribution in [2.75, 3.05) is 31.1 Å². The average molecular weight is 234 g/mol. The summed E-state index contributed by atoms with van der Waals surface area (Å²) in [6.07, 6.45) is 1.94. The summed E-state index contributed by atoms with van der Waals surface area (Å²) in [5.41, 5.74) is 1.99. The summed E-state index contributed by atoms with van der Waals surface area (Å²) in [7, 11) is 0. The molecule has 2 N–H and O–H groups in total. The fourth-order valence-electron chi connectivity index (χ4n) is 2.83. The van der Waals surface area contributed by atoms with E-state index in [-0.39, 0.29) is 0 Å². The molecule has 1 aromatic rings. The van der Waals surface area contributed by atoms with E-state index in [1.54, 1.807) is 6.33 Å². The van der Waals surface area contributed by atoms with Crippen LogP contribution in [0.3, 0.4) is 0 Å². The molecule has 1 aromatic heterocycles. The molecular weight excluding hydrogens is 216 g/mol. The molecule has 1 aliphatic heterocycles. The summed E-state index contributed by atoms with van der Waals surface area (Å²) in [6, 6.07) is 0. The standard InChI is InChI=1S/C12H18N4O/c1-8-6-9(17)11-10(8)12(15-7-14-11)16-4-2-13-3-5-16/h7-9,13,17H,2-6H2,1H3/t8-,9?/m1/s1. The van der Waals surface area contributed by atoms with Crippen molar-refractivity contribution in [2.45, 2.75) is 25.4 Å². The van der Waals surface area contributed by atoms with Crippen LogP contribution in [-0.2, 0) is 0 Å². The number of fused-ring (bicyclic) bond motifs is 1. The van der Waals surface area contributed by atoms with Crippen molar-refractivity contribution in [1.29, 1.82) is 0 Å². The van der Waals surface area contributed by atoms with Gasteiger partial charge in [-0.3, -0.25) is 0 Å². The van der Waals surface area contributed by atoms with Gasteiger partial charge in [0.2, 0.25) is 0 Å². The summed E-state index contributed by atoms with van der Waals surface area (Å²) in [5.74, 6) is 1.38. The molecule has 5 heteroatoms. The number of anilines is 1. The smallest absolute Gasteiger partial charge is 0.135 e. The van der Waals surface area contributed by atoms with Crippen molar-refractivity contribution in [1.82, 2.24) is 15.3 Å². The van der Waals surface area contributed by atoms with Crippen LogP contribution in [0.5, 0.6) is 0 Å². The predicted molar refractivity (Wildman–Crippen MR) is 65.1 cm³/mol. The number of aromatic nitrogens is 2. The van der Waals surface area contributed by atoms with Gasteiger partial charge in [-0.1, -0.05) is 6.92 Å². The van der Waals surface area contributed by atoms with Crippen LogP contribution in [0.2, 0.25) is 0 Å². The molecule has 0 radical (unpaired) electrons. The van der Waals surface area contributed by atoms with Gasteiger partial charge in [0.25, 0.3) is 0 Å². The summed E-state index contributed by atoms with van der Waals surface area (Å²) in [4.78, 5) is 11.0. The molecule has 3 rings (SSSR count). The molecule has 1 saturated heterocycles. The molecule has 0 aromatic carbocycles. The van der Waals surface area contributed by atoms with E-state index in [1.165, 1.54) is 0 Å². The van der Waals surface area contributed by atoms with Crippen LogP contribution in [-0.4, -0.2) is 41.3 Å². The van der Waals surface area contributed by atoms with Crippen LogP contribution < -0.4 is 10.2 Å². The lowest BCUT2D eigenvalue weighted by Gasteiger charge is -2.30. The Kier molecular flexibility index (Phi) is 2.72. The highest BCUT2D eigenvalue weighted by Crippen LogP contribution is 2.42. The normalized spacial score (nSPS) is 28.2. The lowest BCUT2D eigenvalue weighted by atomic mass is 10.1. The fourth-order valence-corrected chi connectivity index (χ4v) is 2.83. The third kappa shape index (κ3) is 1.79. The second kappa shape index (κ2) is 4.23. The maximum atomic E-state index is 9.95.